The second-order valence-electron chi connectivity index (χ2n) is 6.54. The van der Waals surface area contributed by atoms with Gasteiger partial charge in [0.1, 0.15) is 24.9 Å². The molecule has 0 unspecified atom stereocenters. The molecule has 2 rings (SSSR count). The largest absolute Gasteiger partial charge is 0.463 e. The van der Waals surface area contributed by atoms with Crippen LogP contribution in [0.25, 0.3) is 0 Å². The van der Waals surface area contributed by atoms with Gasteiger partial charge in [-0.2, -0.15) is 4.39 Å². The molecule has 152 valence electrons. The Kier molecular flexibility index (Phi) is 7.69. The zero-order valence-corrected chi connectivity index (χ0v) is 15.1. The summed E-state index contributed by atoms with van der Waals surface area (Å²) in [7, 11) is 0. The van der Waals surface area contributed by atoms with Crippen LogP contribution in [0.15, 0.2) is 15.8 Å². The Bertz CT molecular complexity index is 748. The fourth-order valence-corrected chi connectivity index (χ4v) is 2.87. The van der Waals surface area contributed by atoms with E-state index in [0.717, 1.165) is 25.7 Å². The molecule has 0 bridgehead atoms. The summed E-state index contributed by atoms with van der Waals surface area (Å²) in [5.41, 5.74) is -2.20. The average Bonchev–Trinajstić information content (AvgIpc) is 2.91. The smallest absolute Gasteiger partial charge is 0.330 e. The number of carbonyl (C=O) groups is 1. The molecule has 1 aromatic heterocycles. The maximum atomic E-state index is 13.4. The molecule has 0 aromatic carbocycles. The fourth-order valence-electron chi connectivity index (χ4n) is 2.87. The SMILES string of the molecule is CCCCCCCC(=O)OC[C@H]1O[C@@H](n2cc(F)c(=O)[nH]c2=O)[C@H](O)[C@@H]1O. The van der Waals surface area contributed by atoms with Crippen molar-refractivity contribution in [3.63, 3.8) is 0 Å². The predicted octanol–water partition coefficient (Wildman–Crippen LogP) is 0.199. The zero-order chi connectivity index (χ0) is 20.0. The minimum absolute atomic E-state index is 0.239. The number of rotatable bonds is 9. The highest BCUT2D eigenvalue weighted by Crippen LogP contribution is 2.28. The first-order valence-electron chi connectivity index (χ1n) is 9.03. The highest BCUT2D eigenvalue weighted by atomic mass is 19.1. The molecule has 1 aliphatic heterocycles. The third-order valence-electron chi connectivity index (χ3n) is 4.43. The summed E-state index contributed by atoms with van der Waals surface area (Å²) in [5, 5.41) is 20.1. The third-order valence-corrected chi connectivity index (χ3v) is 4.43. The Hall–Kier alpha value is -2.04. The first-order chi connectivity index (χ1) is 12.8. The Labute approximate surface area is 154 Å². The predicted molar refractivity (Wildman–Crippen MR) is 91.5 cm³/mol. The molecule has 0 amide bonds. The summed E-state index contributed by atoms with van der Waals surface area (Å²) in [6, 6.07) is 0. The van der Waals surface area contributed by atoms with Crippen LogP contribution in [0.2, 0.25) is 0 Å². The molecule has 3 N–H and O–H groups in total. The number of hydrogen-bond acceptors (Lipinski definition) is 7. The molecule has 0 aliphatic carbocycles. The second-order valence-corrected chi connectivity index (χ2v) is 6.54. The van der Waals surface area contributed by atoms with Gasteiger partial charge in [0, 0.05) is 6.42 Å². The van der Waals surface area contributed by atoms with Gasteiger partial charge in [0.15, 0.2) is 6.23 Å². The molecule has 1 aromatic rings. The monoisotopic (exact) mass is 388 g/mol. The number of aromatic nitrogens is 2. The van der Waals surface area contributed by atoms with Crippen molar-refractivity contribution in [3.8, 4) is 0 Å². The normalized spacial score (nSPS) is 24.9. The lowest BCUT2D eigenvalue weighted by Gasteiger charge is -2.16. The van der Waals surface area contributed by atoms with Crippen molar-refractivity contribution < 1.29 is 28.9 Å². The van der Waals surface area contributed by atoms with Gasteiger partial charge >= 0.3 is 11.7 Å². The highest BCUT2D eigenvalue weighted by molar-refractivity contribution is 5.69. The minimum Gasteiger partial charge on any atom is -0.463 e. The molecule has 1 fully saturated rings. The van der Waals surface area contributed by atoms with E-state index in [1.54, 1.807) is 4.98 Å². The molecular formula is C17H25FN2O7. The quantitative estimate of drug-likeness (QED) is 0.407. The van der Waals surface area contributed by atoms with Crippen molar-refractivity contribution in [1.82, 2.24) is 9.55 Å². The van der Waals surface area contributed by atoms with Gasteiger partial charge in [0.05, 0.1) is 6.20 Å². The van der Waals surface area contributed by atoms with Crippen LogP contribution >= 0.6 is 0 Å². The van der Waals surface area contributed by atoms with E-state index < -0.39 is 47.6 Å². The average molecular weight is 388 g/mol. The Balaban J connectivity index is 1.89. The van der Waals surface area contributed by atoms with Gasteiger partial charge in [-0.1, -0.05) is 32.6 Å². The van der Waals surface area contributed by atoms with E-state index in [-0.39, 0.29) is 13.0 Å². The van der Waals surface area contributed by atoms with Crippen molar-refractivity contribution >= 4 is 5.97 Å². The number of hydrogen-bond donors (Lipinski definition) is 3. The van der Waals surface area contributed by atoms with E-state index >= 15 is 0 Å². The number of aliphatic hydroxyl groups excluding tert-OH is 2. The van der Waals surface area contributed by atoms with Crippen molar-refractivity contribution in [2.75, 3.05) is 6.61 Å². The number of ether oxygens (including phenoxy) is 2. The lowest BCUT2D eigenvalue weighted by atomic mass is 10.1. The lowest BCUT2D eigenvalue weighted by Crippen LogP contribution is -2.38. The van der Waals surface area contributed by atoms with E-state index in [2.05, 4.69) is 6.92 Å². The molecule has 10 heteroatoms. The van der Waals surface area contributed by atoms with Crippen molar-refractivity contribution in [3.05, 3.63) is 32.9 Å². The number of aromatic amines is 1. The maximum Gasteiger partial charge on any atom is 0.330 e. The summed E-state index contributed by atoms with van der Waals surface area (Å²) in [5.74, 6) is -1.69. The van der Waals surface area contributed by atoms with Crippen LogP contribution < -0.4 is 11.2 Å². The zero-order valence-electron chi connectivity index (χ0n) is 15.1. The van der Waals surface area contributed by atoms with Crippen LogP contribution in [0, 0.1) is 5.82 Å². The Morgan fingerprint density at radius 3 is 2.67 bits per heavy atom. The summed E-state index contributed by atoms with van der Waals surface area (Å²) < 4.78 is 24.5. The first kappa shape index (κ1) is 21.3. The van der Waals surface area contributed by atoms with Gasteiger partial charge in [-0.15, -0.1) is 0 Å². The van der Waals surface area contributed by atoms with E-state index in [0.29, 0.717) is 17.2 Å². The molecule has 9 nitrogen and oxygen atoms in total. The van der Waals surface area contributed by atoms with E-state index in [9.17, 15) is 29.0 Å². The van der Waals surface area contributed by atoms with E-state index in [1.165, 1.54) is 0 Å². The highest BCUT2D eigenvalue weighted by Gasteiger charge is 2.44. The van der Waals surface area contributed by atoms with Gasteiger partial charge < -0.3 is 19.7 Å². The number of H-pyrrole nitrogens is 1. The van der Waals surface area contributed by atoms with Crippen LogP contribution in [-0.2, 0) is 14.3 Å². The van der Waals surface area contributed by atoms with Gasteiger partial charge in [0.2, 0.25) is 5.82 Å². The van der Waals surface area contributed by atoms with Crippen LogP contribution in [0.4, 0.5) is 4.39 Å². The second kappa shape index (κ2) is 9.77. The van der Waals surface area contributed by atoms with Crippen molar-refractivity contribution in [2.24, 2.45) is 0 Å². The molecule has 27 heavy (non-hydrogen) atoms. The van der Waals surface area contributed by atoms with Crippen molar-refractivity contribution in [2.45, 2.75) is 70.0 Å². The van der Waals surface area contributed by atoms with Crippen LogP contribution in [0.5, 0.6) is 0 Å². The van der Waals surface area contributed by atoms with Gasteiger partial charge in [0.25, 0.3) is 5.56 Å². The minimum atomic E-state index is -1.56. The third kappa shape index (κ3) is 5.47. The molecule has 4 atom stereocenters. The molecule has 0 radical (unpaired) electrons. The molecule has 0 spiro atoms. The molecule has 2 heterocycles. The molecule has 0 saturated carbocycles. The Morgan fingerprint density at radius 2 is 1.96 bits per heavy atom. The number of nitrogens with zero attached hydrogens (tertiary/aromatic N) is 1. The Morgan fingerprint density at radius 1 is 1.26 bits per heavy atom. The summed E-state index contributed by atoms with van der Waals surface area (Å²) in [6.45, 7) is 1.78. The van der Waals surface area contributed by atoms with Crippen LogP contribution in [0.3, 0.4) is 0 Å². The van der Waals surface area contributed by atoms with Gasteiger partial charge in [-0.25, -0.2) is 4.79 Å². The number of esters is 1. The number of halogens is 1. The lowest BCUT2D eigenvalue weighted by molar-refractivity contribution is -0.150. The number of nitrogens with one attached hydrogen (secondary N) is 1. The van der Waals surface area contributed by atoms with E-state index in [1.807, 2.05) is 0 Å². The topological polar surface area (TPSA) is 131 Å². The fraction of sp³-hybridized carbons (Fsp3) is 0.706. The van der Waals surface area contributed by atoms with Gasteiger partial charge in [-0.05, 0) is 6.42 Å². The van der Waals surface area contributed by atoms with Crippen molar-refractivity contribution in [1.29, 1.82) is 0 Å². The number of aliphatic hydroxyl groups is 2. The van der Waals surface area contributed by atoms with E-state index in [4.69, 9.17) is 9.47 Å². The number of carbonyl (C=O) groups excluding carboxylic acids is 1. The van der Waals surface area contributed by atoms with Gasteiger partial charge in [-0.3, -0.25) is 19.1 Å². The summed E-state index contributed by atoms with van der Waals surface area (Å²) in [6.07, 6.45) is 0.195. The standard InChI is InChI=1S/C17H25FN2O7/c1-2-3-4-5-6-7-12(21)26-9-11-13(22)14(23)16(27-11)20-8-10(18)15(24)19-17(20)25/h8,11,13-14,16,22-23H,2-7,9H2,1H3,(H,19,24,25)/t11-,13-,14-,16-/m1/s1. The van der Waals surface area contributed by atoms with Crippen LogP contribution in [-0.4, -0.2) is 50.7 Å². The molecular weight excluding hydrogens is 363 g/mol. The van der Waals surface area contributed by atoms with Crippen LogP contribution in [0.1, 0.15) is 51.7 Å². The summed E-state index contributed by atoms with van der Waals surface area (Å²) in [4.78, 5) is 36.3. The molecule has 1 aliphatic rings. The summed E-state index contributed by atoms with van der Waals surface area (Å²) >= 11 is 0. The maximum absolute atomic E-state index is 13.4. The molecule has 1 saturated heterocycles. The number of unbranched alkanes of at least 4 members (excludes halogenated alkanes) is 4. The first-order valence-corrected chi connectivity index (χ1v) is 9.03.